The number of esters is 6. The van der Waals surface area contributed by atoms with Crippen LogP contribution >= 0.6 is 0 Å². The Balaban J connectivity index is 2.08. The van der Waals surface area contributed by atoms with Crippen molar-refractivity contribution in [3.8, 4) is 0 Å². The average molecular weight is 1180 g/mol. The van der Waals surface area contributed by atoms with E-state index < -0.39 is 74.3 Å². The summed E-state index contributed by atoms with van der Waals surface area (Å²) < 4.78 is 34.5. The van der Waals surface area contributed by atoms with Crippen LogP contribution in [-0.4, -0.2) is 258 Å². The van der Waals surface area contributed by atoms with Crippen LogP contribution in [0.5, 0.6) is 0 Å². The number of nitro groups is 1. The molecule has 2 heterocycles. The first-order valence-electron chi connectivity index (χ1n) is 29.4. The zero-order chi connectivity index (χ0) is 62.7. The van der Waals surface area contributed by atoms with Crippen molar-refractivity contribution in [2.45, 2.75) is 171 Å². The minimum absolute atomic E-state index is 0.00128. The van der Waals surface area contributed by atoms with Gasteiger partial charge < -0.3 is 28.4 Å². The molecule has 3 rings (SSSR count). The van der Waals surface area contributed by atoms with Crippen molar-refractivity contribution in [1.82, 2.24) is 39.2 Å². The number of ether oxygens (including phenoxy) is 6. The van der Waals surface area contributed by atoms with Gasteiger partial charge >= 0.3 is 35.8 Å². The molecule has 23 heteroatoms. The van der Waals surface area contributed by atoms with Gasteiger partial charge in [0.25, 0.3) is 5.69 Å². The SMILES string of the molecule is CC(C)(C)OC(=O)CN1CCN(CC(=O)OC(C)(C)C)CCN(Cc2cc(CN3CCN(CC(=O)OC(C)(C)C)CCN(CC(=O)OC(C)(C)C)CCN(CC(=O)OC(C)(C)C)CC3)cc([N+](=O)[O-])c2)CCN(CC(=O)OC(C)(C)C)CC1. The third-order valence-electron chi connectivity index (χ3n) is 12.6. The van der Waals surface area contributed by atoms with Crippen molar-refractivity contribution in [2.75, 3.05) is 144 Å². The van der Waals surface area contributed by atoms with E-state index in [1.807, 2.05) is 160 Å². The van der Waals surface area contributed by atoms with Crippen LogP contribution in [0.15, 0.2) is 18.2 Å². The van der Waals surface area contributed by atoms with Gasteiger partial charge in [-0.1, -0.05) is 6.07 Å². The lowest BCUT2D eigenvalue weighted by Crippen LogP contribution is -2.49. The van der Waals surface area contributed by atoms with E-state index in [9.17, 15) is 38.9 Å². The van der Waals surface area contributed by atoms with Crippen molar-refractivity contribution in [1.29, 1.82) is 0 Å². The lowest BCUT2D eigenvalue weighted by atomic mass is 10.1. The maximum atomic E-state index is 13.4. The topological polar surface area (TPSA) is 227 Å². The Kier molecular flexibility index (Phi) is 27.9. The summed E-state index contributed by atoms with van der Waals surface area (Å²) in [6.45, 7) is 39.7. The molecule has 0 aliphatic carbocycles. The van der Waals surface area contributed by atoms with Crippen molar-refractivity contribution in [3.05, 3.63) is 39.4 Å². The highest BCUT2D eigenvalue weighted by Crippen LogP contribution is 2.22. The Labute approximate surface area is 496 Å². The monoisotopic (exact) mass is 1180 g/mol. The number of carbonyl (C=O) groups excluding carboxylic acids is 6. The molecule has 474 valence electrons. The second kappa shape index (κ2) is 32.0. The number of benzene rings is 1. The van der Waals surface area contributed by atoms with E-state index in [4.69, 9.17) is 28.4 Å². The van der Waals surface area contributed by atoms with E-state index in [0.29, 0.717) is 116 Å². The number of nitrogens with zero attached hydrogens (tertiary/aromatic N) is 9. The fourth-order valence-electron chi connectivity index (χ4n) is 9.31. The summed E-state index contributed by atoms with van der Waals surface area (Å²) in [4.78, 5) is 109. The predicted molar refractivity (Wildman–Crippen MR) is 317 cm³/mol. The van der Waals surface area contributed by atoms with E-state index >= 15 is 0 Å². The van der Waals surface area contributed by atoms with Crippen LogP contribution < -0.4 is 0 Å². The fourth-order valence-corrected chi connectivity index (χ4v) is 9.31. The predicted octanol–water partition coefficient (Wildman–Crippen LogP) is 5.09. The molecule has 1 aromatic rings. The second-order valence-electron chi connectivity index (χ2n) is 28.0. The highest BCUT2D eigenvalue weighted by Gasteiger charge is 2.29. The molecule has 0 radical (unpaired) electrons. The maximum Gasteiger partial charge on any atom is 0.320 e. The summed E-state index contributed by atoms with van der Waals surface area (Å²) in [7, 11) is 0. The summed E-state index contributed by atoms with van der Waals surface area (Å²) in [5.74, 6) is -2.38. The third-order valence-corrected chi connectivity index (χ3v) is 12.6. The molecule has 0 spiro atoms. The molecule has 23 nitrogen and oxygen atoms in total. The van der Waals surface area contributed by atoms with Crippen LogP contribution in [0, 0.1) is 10.1 Å². The highest BCUT2D eigenvalue weighted by atomic mass is 16.6. The molecule has 0 unspecified atom stereocenters. The van der Waals surface area contributed by atoms with E-state index in [1.54, 1.807) is 12.1 Å². The lowest BCUT2D eigenvalue weighted by Gasteiger charge is -2.35. The molecule has 0 atom stereocenters. The van der Waals surface area contributed by atoms with Gasteiger partial charge in [-0.25, -0.2) is 0 Å². The Bertz CT molecular complexity index is 2040. The number of hydrogen-bond acceptors (Lipinski definition) is 22. The van der Waals surface area contributed by atoms with Gasteiger partial charge in [0.2, 0.25) is 0 Å². The van der Waals surface area contributed by atoms with Gasteiger partial charge in [-0.15, -0.1) is 0 Å². The van der Waals surface area contributed by atoms with Crippen molar-refractivity contribution in [2.24, 2.45) is 0 Å². The van der Waals surface area contributed by atoms with Gasteiger partial charge in [-0.3, -0.25) is 78.1 Å². The third kappa shape index (κ3) is 34.0. The van der Waals surface area contributed by atoms with Crippen molar-refractivity contribution >= 4 is 41.5 Å². The largest absolute Gasteiger partial charge is 0.459 e. The number of hydrogen-bond donors (Lipinski definition) is 0. The lowest BCUT2D eigenvalue weighted by molar-refractivity contribution is -0.385. The molecule has 0 amide bonds. The Morgan fingerprint density at radius 1 is 0.325 bits per heavy atom. The van der Waals surface area contributed by atoms with Gasteiger partial charge in [0.15, 0.2) is 0 Å². The molecule has 0 N–H and O–H groups in total. The van der Waals surface area contributed by atoms with Crippen molar-refractivity contribution < 1.29 is 62.1 Å². The molecule has 0 bridgehead atoms. The van der Waals surface area contributed by atoms with Crippen LogP contribution in [-0.2, 0) is 70.3 Å². The molecule has 2 aliphatic heterocycles. The molecule has 2 aliphatic rings. The summed E-state index contributed by atoms with van der Waals surface area (Å²) in [5, 5.41) is 12.8. The average Bonchev–Trinajstić information content (AvgIpc) is 3.49. The maximum absolute atomic E-state index is 13.4. The quantitative estimate of drug-likeness (QED) is 0.0857. The normalized spacial score (nSPS) is 18.3. The number of carbonyl (C=O) groups is 6. The first kappa shape index (κ1) is 72.4. The van der Waals surface area contributed by atoms with Gasteiger partial charge in [-0.2, -0.15) is 0 Å². The van der Waals surface area contributed by atoms with Crippen molar-refractivity contribution in [3.63, 3.8) is 0 Å². The molecule has 1 aromatic carbocycles. The summed E-state index contributed by atoms with van der Waals surface area (Å²) in [5.41, 5.74) is -2.99. The molecule has 83 heavy (non-hydrogen) atoms. The summed E-state index contributed by atoms with van der Waals surface area (Å²) >= 11 is 0. The minimum atomic E-state index is -0.717. The zero-order valence-electron chi connectivity index (χ0n) is 53.9. The number of rotatable bonds is 17. The van der Waals surface area contributed by atoms with Gasteiger partial charge in [0, 0.05) is 130 Å². The fraction of sp³-hybridized carbons (Fsp3) is 0.800. The second-order valence-corrected chi connectivity index (χ2v) is 28.0. The van der Waals surface area contributed by atoms with Gasteiger partial charge in [0.1, 0.15) is 33.6 Å². The Morgan fingerprint density at radius 2 is 0.482 bits per heavy atom. The summed E-state index contributed by atoms with van der Waals surface area (Å²) in [6, 6.07) is 5.13. The Morgan fingerprint density at radius 3 is 0.627 bits per heavy atom. The standard InChI is InChI=1S/C60H105N9O14/c1-55(2,3)78-49(70)40-63-23-19-61(20-24-64(41-50(71)79-56(4,5)6)28-32-67(31-27-63)44-53(74)82-59(13,14)15)38-46-35-47(37-48(36-46)69(76)77)39-62-21-25-65(42-51(72)80-57(7,8)9)29-33-68(45-54(75)83-60(16,17)18)34-30-66(26-22-62)43-52(73)81-58(10,11)12/h35-37H,19-34,38-45H2,1-18H3. The molecule has 2 saturated heterocycles. The van der Waals surface area contributed by atoms with E-state index in [-0.39, 0.29) is 58.0 Å². The van der Waals surface area contributed by atoms with E-state index in [0.717, 1.165) is 0 Å². The van der Waals surface area contributed by atoms with E-state index in [1.165, 1.54) is 0 Å². The Hall–Kier alpha value is -4.88. The van der Waals surface area contributed by atoms with Crippen LogP contribution in [0.25, 0.3) is 0 Å². The molecular formula is C60H105N9O14. The molecular weight excluding hydrogens is 1070 g/mol. The van der Waals surface area contributed by atoms with Crippen LogP contribution in [0.2, 0.25) is 0 Å². The number of non-ortho nitro benzene ring substituents is 1. The molecule has 0 aromatic heterocycles. The minimum Gasteiger partial charge on any atom is -0.459 e. The van der Waals surface area contributed by atoms with E-state index in [2.05, 4.69) is 9.80 Å². The van der Waals surface area contributed by atoms with Crippen LogP contribution in [0.3, 0.4) is 0 Å². The van der Waals surface area contributed by atoms with Gasteiger partial charge in [-0.05, 0) is 136 Å². The van der Waals surface area contributed by atoms with Crippen LogP contribution in [0.4, 0.5) is 5.69 Å². The summed E-state index contributed by atoms with van der Waals surface area (Å²) in [6.07, 6.45) is 0. The first-order valence-corrected chi connectivity index (χ1v) is 29.4. The zero-order valence-corrected chi connectivity index (χ0v) is 53.9. The van der Waals surface area contributed by atoms with Crippen LogP contribution in [0.1, 0.15) is 136 Å². The highest BCUT2D eigenvalue weighted by molar-refractivity contribution is 5.74. The smallest absolute Gasteiger partial charge is 0.320 e. The number of nitro benzene ring substituents is 1. The molecule has 2 fully saturated rings. The van der Waals surface area contributed by atoms with Gasteiger partial charge in [0.05, 0.1) is 44.2 Å². The first-order chi connectivity index (χ1) is 38.0. The molecule has 0 saturated carbocycles.